The molecule has 31 heavy (non-hydrogen) atoms. The molecule has 0 bridgehead atoms. The Morgan fingerprint density at radius 1 is 1.13 bits per heavy atom. The Hall–Kier alpha value is -1.65. The number of hydrogen-bond acceptors (Lipinski definition) is 8. The van der Waals surface area contributed by atoms with E-state index < -0.39 is 31.0 Å². The van der Waals surface area contributed by atoms with E-state index in [1.54, 1.807) is 32.9 Å². The van der Waals surface area contributed by atoms with Crippen LogP contribution in [0.3, 0.4) is 0 Å². The minimum Gasteiger partial charge on any atom is -0.496 e. The van der Waals surface area contributed by atoms with E-state index >= 15 is 0 Å². The quantitative estimate of drug-likeness (QED) is 0.573. The van der Waals surface area contributed by atoms with Gasteiger partial charge < -0.3 is 9.47 Å². The van der Waals surface area contributed by atoms with Crippen LogP contribution in [0, 0.1) is 19.8 Å². The predicted octanol–water partition coefficient (Wildman–Crippen LogP) is 1.53. The second kappa shape index (κ2) is 9.07. The molecule has 3 rings (SSSR count). The number of piperidine rings is 1. The van der Waals surface area contributed by atoms with Gasteiger partial charge in [-0.25, -0.2) is 16.8 Å². The molecule has 0 saturated carbocycles. The zero-order valence-corrected chi connectivity index (χ0v) is 20.1. The van der Waals surface area contributed by atoms with Crippen LogP contribution >= 0.6 is 0 Å². The van der Waals surface area contributed by atoms with E-state index in [0.717, 1.165) is 0 Å². The van der Waals surface area contributed by atoms with Crippen LogP contribution in [0.15, 0.2) is 17.0 Å². The van der Waals surface area contributed by atoms with Crippen molar-refractivity contribution in [3.8, 4) is 5.75 Å². The third-order valence-corrected chi connectivity index (χ3v) is 10.5. The van der Waals surface area contributed by atoms with Crippen LogP contribution in [0.1, 0.15) is 30.9 Å². The molecule has 0 N–H and O–H groups in total. The molecule has 0 spiro atoms. The average molecular weight is 474 g/mol. The van der Waals surface area contributed by atoms with Crippen molar-refractivity contribution < 1.29 is 31.1 Å². The maximum atomic E-state index is 13.6. The Kier molecular flexibility index (Phi) is 7.02. The van der Waals surface area contributed by atoms with Crippen molar-refractivity contribution in [2.24, 2.45) is 5.92 Å². The molecule has 0 aliphatic carbocycles. The van der Waals surface area contributed by atoms with Crippen LogP contribution in [0.2, 0.25) is 0 Å². The summed E-state index contributed by atoms with van der Waals surface area (Å²) < 4.78 is 62.6. The van der Waals surface area contributed by atoms with Gasteiger partial charge in [0.2, 0.25) is 0 Å². The number of carbonyl (C=O) groups excluding carboxylic acids is 1. The molecule has 1 aromatic rings. The number of aryl methyl sites for hydroxylation is 2. The van der Waals surface area contributed by atoms with Crippen molar-refractivity contribution in [1.82, 2.24) is 4.90 Å². The van der Waals surface area contributed by atoms with E-state index in [2.05, 4.69) is 0 Å². The number of rotatable bonds is 6. The van der Waals surface area contributed by atoms with Crippen molar-refractivity contribution in [3.63, 3.8) is 0 Å². The SMILES string of the molecule is CCOC(=O)C1CCN([C@H]2CS(=O)(=O)C[C@@H]2S(=O)(=O)c2cc(C)c(OC)cc2C)CC1. The first-order valence-electron chi connectivity index (χ1n) is 10.5. The second-order valence-corrected chi connectivity index (χ2v) is 12.7. The highest BCUT2D eigenvalue weighted by Crippen LogP contribution is 2.34. The van der Waals surface area contributed by atoms with Gasteiger partial charge in [0.15, 0.2) is 19.7 Å². The minimum atomic E-state index is -3.89. The van der Waals surface area contributed by atoms with E-state index in [1.807, 2.05) is 4.90 Å². The summed E-state index contributed by atoms with van der Waals surface area (Å²) in [5.41, 5.74) is 1.21. The second-order valence-electron chi connectivity index (χ2n) is 8.38. The lowest BCUT2D eigenvalue weighted by Crippen LogP contribution is -2.50. The van der Waals surface area contributed by atoms with Gasteiger partial charge in [-0.3, -0.25) is 9.69 Å². The zero-order chi connectivity index (χ0) is 23.0. The van der Waals surface area contributed by atoms with E-state index in [1.165, 1.54) is 7.11 Å². The Morgan fingerprint density at radius 2 is 1.77 bits per heavy atom. The first-order valence-corrected chi connectivity index (χ1v) is 13.9. The fourth-order valence-corrected chi connectivity index (χ4v) is 9.75. The highest BCUT2D eigenvalue weighted by atomic mass is 32.2. The number of ether oxygens (including phenoxy) is 2. The highest BCUT2D eigenvalue weighted by molar-refractivity contribution is 7.96. The van der Waals surface area contributed by atoms with Crippen molar-refractivity contribution >= 4 is 25.6 Å². The lowest BCUT2D eigenvalue weighted by molar-refractivity contribution is -0.149. The number of hydrogen-bond donors (Lipinski definition) is 0. The van der Waals surface area contributed by atoms with Crippen LogP contribution in [-0.4, -0.2) is 77.3 Å². The van der Waals surface area contributed by atoms with Gasteiger partial charge in [0.05, 0.1) is 41.3 Å². The Balaban J connectivity index is 1.88. The fraction of sp³-hybridized carbons (Fsp3) is 0.667. The Labute approximate surface area is 184 Å². The number of likely N-dealkylation sites (tertiary alicyclic amines) is 1. The van der Waals surface area contributed by atoms with Crippen molar-refractivity contribution in [3.05, 3.63) is 23.3 Å². The molecule has 8 nitrogen and oxygen atoms in total. The number of methoxy groups -OCH3 is 1. The largest absolute Gasteiger partial charge is 0.496 e. The smallest absolute Gasteiger partial charge is 0.309 e. The monoisotopic (exact) mass is 473 g/mol. The van der Waals surface area contributed by atoms with Crippen molar-refractivity contribution in [1.29, 1.82) is 0 Å². The van der Waals surface area contributed by atoms with Crippen LogP contribution in [-0.2, 0) is 29.2 Å². The molecule has 0 aromatic heterocycles. The topological polar surface area (TPSA) is 107 Å². The van der Waals surface area contributed by atoms with E-state index in [0.29, 0.717) is 49.4 Å². The van der Waals surface area contributed by atoms with E-state index in [9.17, 15) is 21.6 Å². The zero-order valence-electron chi connectivity index (χ0n) is 18.5. The Morgan fingerprint density at radius 3 is 2.35 bits per heavy atom. The molecule has 2 fully saturated rings. The summed E-state index contributed by atoms with van der Waals surface area (Å²) in [6.45, 7) is 6.47. The molecular weight excluding hydrogens is 442 g/mol. The van der Waals surface area contributed by atoms with Crippen LogP contribution in [0.4, 0.5) is 0 Å². The number of benzene rings is 1. The van der Waals surface area contributed by atoms with Gasteiger partial charge in [-0.1, -0.05) is 0 Å². The summed E-state index contributed by atoms with van der Waals surface area (Å²) in [6.07, 6.45) is 1.06. The molecule has 0 radical (unpaired) electrons. The number of carbonyl (C=O) groups is 1. The Bertz CT molecular complexity index is 1040. The van der Waals surface area contributed by atoms with Crippen LogP contribution in [0.5, 0.6) is 5.75 Å². The maximum Gasteiger partial charge on any atom is 0.309 e. The molecule has 2 aliphatic rings. The minimum absolute atomic E-state index is 0.152. The van der Waals surface area contributed by atoms with E-state index in [4.69, 9.17) is 9.47 Å². The number of sulfone groups is 2. The fourth-order valence-electron chi connectivity index (χ4n) is 4.61. The molecular formula is C21H31NO7S2. The van der Waals surface area contributed by atoms with Gasteiger partial charge in [0.1, 0.15) is 5.75 Å². The molecule has 2 aliphatic heterocycles. The van der Waals surface area contributed by atoms with E-state index in [-0.39, 0.29) is 28.3 Å². The molecule has 2 saturated heterocycles. The summed E-state index contributed by atoms with van der Waals surface area (Å²) in [7, 11) is -5.87. The lowest BCUT2D eigenvalue weighted by atomic mass is 9.95. The molecule has 2 heterocycles. The molecule has 0 unspecified atom stereocenters. The van der Waals surface area contributed by atoms with Crippen LogP contribution in [0.25, 0.3) is 0 Å². The first-order chi connectivity index (χ1) is 14.5. The standard InChI is InChI=1S/C21H31NO7S2/c1-5-29-21(23)16-6-8-22(9-7-16)17-12-30(24,25)13-20(17)31(26,27)19-11-14(2)18(28-4)10-15(19)3/h10-11,16-17,20H,5-9,12-13H2,1-4H3/t17-,20-/m0/s1. The third kappa shape index (κ3) is 4.90. The lowest BCUT2D eigenvalue weighted by Gasteiger charge is -2.37. The first kappa shape index (κ1) is 24.0. The number of esters is 1. The van der Waals surface area contributed by atoms with Gasteiger partial charge in [-0.2, -0.15) is 0 Å². The molecule has 0 amide bonds. The maximum absolute atomic E-state index is 13.6. The summed E-state index contributed by atoms with van der Waals surface area (Å²) in [5, 5.41) is -1.04. The number of nitrogens with zero attached hydrogens (tertiary/aromatic N) is 1. The summed E-state index contributed by atoms with van der Waals surface area (Å²) >= 11 is 0. The summed E-state index contributed by atoms with van der Waals surface area (Å²) in [6, 6.07) is 2.62. The average Bonchev–Trinajstić information content (AvgIpc) is 3.06. The van der Waals surface area contributed by atoms with Gasteiger partial charge in [-0.05, 0) is 70.0 Å². The molecule has 1 aromatic carbocycles. The third-order valence-electron chi connectivity index (χ3n) is 6.29. The van der Waals surface area contributed by atoms with Crippen molar-refractivity contribution in [2.45, 2.75) is 49.8 Å². The normalized spacial score (nSPS) is 24.8. The highest BCUT2D eigenvalue weighted by Gasteiger charge is 2.49. The van der Waals surface area contributed by atoms with Gasteiger partial charge >= 0.3 is 5.97 Å². The summed E-state index contributed by atoms with van der Waals surface area (Å²) in [5.74, 6) is -0.448. The van der Waals surface area contributed by atoms with Crippen molar-refractivity contribution in [2.75, 3.05) is 38.3 Å². The molecule has 10 heteroatoms. The molecule has 2 atom stereocenters. The van der Waals surface area contributed by atoms with Gasteiger partial charge in [0.25, 0.3) is 0 Å². The van der Waals surface area contributed by atoms with Crippen LogP contribution < -0.4 is 4.74 Å². The molecule has 174 valence electrons. The van der Waals surface area contributed by atoms with Gasteiger partial charge in [0, 0.05) is 6.04 Å². The van der Waals surface area contributed by atoms with Gasteiger partial charge in [-0.15, -0.1) is 0 Å². The summed E-state index contributed by atoms with van der Waals surface area (Å²) in [4.78, 5) is 14.1. The predicted molar refractivity (Wildman–Crippen MR) is 117 cm³/mol.